The van der Waals surface area contributed by atoms with Crippen molar-refractivity contribution >= 4 is 34.7 Å². The Bertz CT molecular complexity index is 1100. The number of carbonyl (C=O) groups is 4. The lowest BCUT2D eigenvalue weighted by Crippen LogP contribution is -2.51. The number of ether oxygens (including phenoxy) is 1. The van der Waals surface area contributed by atoms with Gasteiger partial charge in [-0.3, -0.25) is 19.8 Å². The predicted octanol–water partition coefficient (Wildman–Crippen LogP) is 0.971. The number of hydrogen-bond acceptors (Lipinski definition) is 6. The van der Waals surface area contributed by atoms with Gasteiger partial charge in [-0.15, -0.1) is 0 Å². The molecule has 156 valence electrons. The number of imide groups is 1. The zero-order chi connectivity index (χ0) is 21.3. The molecule has 30 heavy (non-hydrogen) atoms. The van der Waals surface area contributed by atoms with Crippen molar-refractivity contribution in [3.8, 4) is 0 Å². The Morgan fingerprint density at radius 1 is 1.10 bits per heavy atom. The second kappa shape index (κ2) is 7.62. The molecule has 10 heteroatoms. The minimum absolute atomic E-state index is 0.109. The molecule has 4 rings (SSSR count). The molecule has 1 aromatic carbocycles. The van der Waals surface area contributed by atoms with E-state index >= 15 is 0 Å². The van der Waals surface area contributed by atoms with E-state index in [1.165, 1.54) is 0 Å². The molecule has 1 aliphatic heterocycles. The van der Waals surface area contributed by atoms with Crippen molar-refractivity contribution in [3.05, 3.63) is 46.2 Å². The highest BCUT2D eigenvalue weighted by atomic mass is 16.5. The van der Waals surface area contributed by atoms with E-state index in [1.807, 2.05) is 0 Å². The third-order valence-electron chi connectivity index (χ3n) is 5.40. The van der Waals surface area contributed by atoms with Gasteiger partial charge in [0.1, 0.15) is 11.2 Å². The number of nitrogens with zero attached hydrogens (tertiary/aromatic N) is 1. The van der Waals surface area contributed by atoms with Crippen LogP contribution in [0.3, 0.4) is 0 Å². The Hall–Kier alpha value is -3.69. The van der Waals surface area contributed by atoms with Crippen LogP contribution in [0, 0.1) is 0 Å². The molecule has 1 aliphatic carbocycles. The van der Waals surface area contributed by atoms with Crippen molar-refractivity contribution < 1.29 is 23.9 Å². The summed E-state index contributed by atoms with van der Waals surface area (Å²) in [5.41, 5.74) is 1.20. The molecule has 1 spiro atoms. The van der Waals surface area contributed by atoms with E-state index in [4.69, 9.17) is 4.74 Å². The second-order valence-corrected chi connectivity index (χ2v) is 7.42. The molecule has 10 nitrogen and oxygen atoms in total. The average Bonchev–Trinajstić information content (AvgIpc) is 2.96. The van der Waals surface area contributed by atoms with E-state index < -0.39 is 36.0 Å². The van der Waals surface area contributed by atoms with Crippen molar-refractivity contribution in [2.75, 3.05) is 6.61 Å². The normalized spacial score (nSPS) is 17.8. The SMILES string of the molecule is O=C(COC(=O)c1cc(=O)c2ccccc2[nH]1)NN1C(=O)NC2(CCCCC2)C1=O. The zero-order valence-corrected chi connectivity index (χ0v) is 16.0. The molecule has 3 N–H and O–H groups in total. The van der Waals surface area contributed by atoms with Crippen LogP contribution in [0.15, 0.2) is 35.1 Å². The number of amides is 4. The maximum atomic E-state index is 12.6. The first kappa shape index (κ1) is 19.6. The Morgan fingerprint density at radius 2 is 1.83 bits per heavy atom. The number of pyridine rings is 1. The fourth-order valence-electron chi connectivity index (χ4n) is 3.89. The van der Waals surface area contributed by atoms with Gasteiger partial charge in [0.25, 0.3) is 11.8 Å². The molecular weight excluding hydrogens is 392 g/mol. The van der Waals surface area contributed by atoms with Crippen LogP contribution in [-0.2, 0) is 14.3 Å². The fourth-order valence-corrected chi connectivity index (χ4v) is 3.89. The standard InChI is InChI=1S/C20H20N4O6/c25-15-10-14(21-13-7-3-2-6-12(13)15)17(27)30-11-16(26)23-24-18(28)20(22-19(24)29)8-4-1-5-9-20/h2-3,6-7,10H,1,4-5,8-9,11H2,(H,21,25)(H,22,29)(H,23,26). The number of urea groups is 1. The van der Waals surface area contributed by atoms with Gasteiger partial charge in [-0.25, -0.2) is 9.59 Å². The lowest BCUT2D eigenvalue weighted by atomic mass is 9.82. The first-order valence-corrected chi connectivity index (χ1v) is 9.65. The van der Waals surface area contributed by atoms with Crippen molar-refractivity contribution in [2.45, 2.75) is 37.6 Å². The largest absolute Gasteiger partial charge is 0.451 e. The van der Waals surface area contributed by atoms with Gasteiger partial charge in [0, 0.05) is 17.0 Å². The van der Waals surface area contributed by atoms with E-state index in [-0.39, 0.29) is 11.1 Å². The number of rotatable bonds is 4. The number of H-pyrrole nitrogens is 1. The van der Waals surface area contributed by atoms with E-state index in [0.29, 0.717) is 28.8 Å². The van der Waals surface area contributed by atoms with E-state index in [2.05, 4.69) is 15.7 Å². The number of aromatic amines is 1. The fraction of sp³-hybridized carbons (Fsp3) is 0.350. The molecule has 2 aromatic rings. The quantitative estimate of drug-likeness (QED) is 0.505. The Labute approximate surface area is 170 Å². The highest BCUT2D eigenvalue weighted by Gasteiger charge is 2.52. The summed E-state index contributed by atoms with van der Waals surface area (Å²) in [5.74, 6) is -2.26. The minimum Gasteiger partial charge on any atom is -0.451 e. The topological polar surface area (TPSA) is 138 Å². The van der Waals surface area contributed by atoms with Gasteiger partial charge >= 0.3 is 12.0 Å². The van der Waals surface area contributed by atoms with E-state index in [9.17, 15) is 24.0 Å². The lowest BCUT2D eigenvalue weighted by molar-refractivity contribution is -0.140. The first-order valence-electron chi connectivity index (χ1n) is 9.65. The van der Waals surface area contributed by atoms with Crippen molar-refractivity contribution in [1.82, 2.24) is 20.7 Å². The molecule has 0 bridgehead atoms. The predicted molar refractivity (Wildman–Crippen MR) is 104 cm³/mol. The highest BCUT2D eigenvalue weighted by molar-refractivity contribution is 6.08. The number of benzene rings is 1. The van der Waals surface area contributed by atoms with Crippen LogP contribution in [0.1, 0.15) is 42.6 Å². The van der Waals surface area contributed by atoms with Gasteiger partial charge in [0.15, 0.2) is 12.0 Å². The molecule has 0 atom stereocenters. The van der Waals surface area contributed by atoms with Gasteiger partial charge in [0.2, 0.25) is 0 Å². The van der Waals surface area contributed by atoms with Gasteiger partial charge in [-0.2, -0.15) is 5.01 Å². The smallest absolute Gasteiger partial charge is 0.355 e. The van der Waals surface area contributed by atoms with Crippen LogP contribution in [0.5, 0.6) is 0 Å². The number of para-hydroxylation sites is 1. The number of carbonyl (C=O) groups excluding carboxylic acids is 4. The van der Waals surface area contributed by atoms with Gasteiger partial charge < -0.3 is 15.0 Å². The molecule has 1 aromatic heterocycles. The number of esters is 1. The van der Waals surface area contributed by atoms with E-state index in [1.54, 1.807) is 24.3 Å². The molecule has 0 radical (unpaired) electrons. The molecule has 2 aliphatic rings. The van der Waals surface area contributed by atoms with Crippen LogP contribution in [-0.4, -0.2) is 46.0 Å². The Kier molecular flexibility index (Phi) is 4.98. The minimum atomic E-state index is -0.968. The third-order valence-corrected chi connectivity index (χ3v) is 5.40. The summed E-state index contributed by atoms with van der Waals surface area (Å²) in [5, 5.41) is 3.72. The van der Waals surface area contributed by atoms with Crippen molar-refractivity contribution in [1.29, 1.82) is 0 Å². The zero-order valence-electron chi connectivity index (χ0n) is 16.0. The molecule has 1 saturated heterocycles. The van der Waals surface area contributed by atoms with Crippen LogP contribution in [0.2, 0.25) is 0 Å². The van der Waals surface area contributed by atoms with Crippen molar-refractivity contribution in [2.24, 2.45) is 0 Å². The van der Waals surface area contributed by atoms with Crippen LogP contribution in [0.4, 0.5) is 4.79 Å². The van der Waals surface area contributed by atoms with Crippen LogP contribution >= 0.6 is 0 Å². The van der Waals surface area contributed by atoms with Crippen molar-refractivity contribution in [3.63, 3.8) is 0 Å². The monoisotopic (exact) mass is 412 g/mol. The van der Waals surface area contributed by atoms with Gasteiger partial charge in [-0.1, -0.05) is 31.4 Å². The number of aromatic nitrogens is 1. The number of nitrogens with one attached hydrogen (secondary N) is 3. The molecule has 1 saturated carbocycles. The molecular formula is C20H20N4O6. The number of hydrogen-bond donors (Lipinski definition) is 3. The molecule has 4 amide bonds. The Morgan fingerprint density at radius 3 is 2.60 bits per heavy atom. The Balaban J connectivity index is 1.38. The summed E-state index contributed by atoms with van der Waals surface area (Å²) in [6.45, 7) is -0.724. The van der Waals surface area contributed by atoms with Gasteiger partial charge in [-0.05, 0) is 25.0 Å². The number of hydrazine groups is 1. The lowest BCUT2D eigenvalue weighted by Gasteiger charge is -2.30. The van der Waals surface area contributed by atoms with Crippen LogP contribution < -0.4 is 16.2 Å². The van der Waals surface area contributed by atoms with Crippen LogP contribution in [0.25, 0.3) is 10.9 Å². The molecule has 0 unspecified atom stereocenters. The maximum absolute atomic E-state index is 12.6. The highest BCUT2D eigenvalue weighted by Crippen LogP contribution is 2.32. The summed E-state index contributed by atoms with van der Waals surface area (Å²) >= 11 is 0. The summed E-state index contributed by atoms with van der Waals surface area (Å²) in [4.78, 5) is 64.0. The third kappa shape index (κ3) is 3.51. The van der Waals surface area contributed by atoms with E-state index in [0.717, 1.165) is 25.3 Å². The molecule has 2 heterocycles. The summed E-state index contributed by atoms with van der Waals surface area (Å²) < 4.78 is 4.92. The second-order valence-electron chi connectivity index (χ2n) is 7.42. The number of fused-ring (bicyclic) bond motifs is 1. The summed E-state index contributed by atoms with van der Waals surface area (Å²) in [6.07, 6.45) is 3.66. The summed E-state index contributed by atoms with van der Waals surface area (Å²) in [6, 6.07) is 7.05. The van der Waals surface area contributed by atoms with Gasteiger partial charge in [0.05, 0.1) is 0 Å². The average molecular weight is 412 g/mol. The summed E-state index contributed by atoms with van der Waals surface area (Å²) in [7, 11) is 0. The first-order chi connectivity index (χ1) is 14.4. The molecule has 2 fully saturated rings. The maximum Gasteiger partial charge on any atom is 0.355 e.